The smallest absolute Gasteiger partial charge is 0.0287 e. The van der Waals surface area contributed by atoms with Gasteiger partial charge in [-0.15, -0.1) is 0 Å². The average Bonchev–Trinajstić information content (AvgIpc) is 2.78. The summed E-state index contributed by atoms with van der Waals surface area (Å²) in [5.41, 5.74) is 0. The van der Waals surface area contributed by atoms with Gasteiger partial charge in [0.25, 0.3) is 0 Å². The fraction of sp³-hybridized carbons (Fsp3) is 1.00. The van der Waals surface area contributed by atoms with Gasteiger partial charge in [0.2, 0.25) is 0 Å². The van der Waals surface area contributed by atoms with Crippen LogP contribution in [0.4, 0.5) is 0 Å². The molecule has 0 aromatic heterocycles. The number of rotatable bonds is 28. The highest BCUT2D eigenvalue weighted by atomic mass is 31.1. The summed E-state index contributed by atoms with van der Waals surface area (Å²) in [6.45, 7) is 4.61. The third-order valence-corrected chi connectivity index (χ3v) is 8.10. The van der Waals surface area contributed by atoms with Crippen LogP contribution in [-0.4, -0.2) is 12.3 Å². The number of unbranched alkanes of at least 4 members (excludes halogenated alkanes) is 24. The van der Waals surface area contributed by atoms with Crippen LogP contribution in [0.3, 0.4) is 0 Å². The largest absolute Gasteiger partial charge is 0.0810 e. The molecular formula is C30H62P. The van der Waals surface area contributed by atoms with Crippen molar-refractivity contribution in [2.75, 3.05) is 12.3 Å². The minimum atomic E-state index is 1.37. The van der Waals surface area contributed by atoms with E-state index in [1.807, 2.05) is 0 Å². The van der Waals surface area contributed by atoms with Gasteiger partial charge in [-0.1, -0.05) is 177 Å². The van der Waals surface area contributed by atoms with Crippen molar-refractivity contribution >= 4 is 8.58 Å². The van der Waals surface area contributed by atoms with Crippen molar-refractivity contribution in [1.82, 2.24) is 0 Å². The van der Waals surface area contributed by atoms with Gasteiger partial charge in [-0.2, -0.15) is 0 Å². The highest BCUT2D eigenvalue weighted by Crippen LogP contribution is 2.19. The van der Waals surface area contributed by atoms with Crippen molar-refractivity contribution in [1.29, 1.82) is 0 Å². The van der Waals surface area contributed by atoms with Gasteiger partial charge >= 0.3 is 0 Å². The van der Waals surface area contributed by atoms with Crippen LogP contribution in [0, 0.1) is 0 Å². The zero-order valence-corrected chi connectivity index (χ0v) is 23.1. The molecule has 0 fully saturated rings. The predicted molar refractivity (Wildman–Crippen MR) is 148 cm³/mol. The molecule has 0 nitrogen and oxygen atoms in total. The van der Waals surface area contributed by atoms with Crippen LogP contribution in [0.5, 0.6) is 0 Å². The van der Waals surface area contributed by atoms with Crippen LogP contribution < -0.4 is 0 Å². The van der Waals surface area contributed by atoms with Crippen molar-refractivity contribution in [2.45, 2.75) is 181 Å². The van der Waals surface area contributed by atoms with E-state index in [4.69, 9.17) is 0 Å². The Bertz CT molecular complexity index is 260. The molecule has 0 aliphatic heterocycles. The summed E-state index contributed by atoms with van der Waals surface area (Å²) in [7, 11) is 1.74. The monoisotopic (exact) mass is 453 g/mol. The molecule has 0 amide bonds. The van der Waals surface area contributed by atoms with Crippen molar-refractivity contribution in [3.05, 3.63) is 0 Å². The second-order valence-electron chi connectivity index (χ2n) is 10.2. The van der Waals surface area contributed by atoms with E-state index in [0.717, 1.165) is 0 Å². The van der Waals surface area contributed by atoms with Crippen LogP contribution in [0.15, 0.2) is 0 Å². The van der Waals surface area contributed by atoms with Gasteiger partial charge in [0.1, 0.15) is 0 Å². The Morgan fingerprint density at radius 1 is 0.258 bits per heavy atom. The molecule has 0 bridgehead atoms. The Kier molecular flexibility index (Phi) is 30.9. The maximum atomic E-state index is 2.31. The van der Waals surface area contributed by atoms with E-state index in [1.165, 1.54) is 179 Å². The molecule has 0 atom stereocenters. The number of hydrogen-bond acceptors (Lipinski definition) is 0. The topological polar surface area (TPSA) is 0 Å². The summed E-state index contributed by atoms with van der Waals surface area (Å²) in [6.07, 6.45) is 41.3. The lowest BCUT2D eigenvalue weighted by molar-refractivity contribution is 0.542. The van der Waals surface area contributed by atoms with Gasteiger partial charge in [0.15, 0.2) is 0 Å². The van der Waals surface area contributed by atoms with Crippen LogP contribution in [-0.2, 0) is 0 Å². The lowest BCUT2D eigenvalue weighted by Gasteiger charge is -2.04. The molecule has 0 rings (SSSR count). The molecule has 0 saturated carbocycles. The van der Waals surface area contributed by atoms with E-state index < -0.39 is 0 Å². The zero-order valence-electron chi connectivity index (χ0n) is 22.2. The minimum Gasteiger partial charge on any atom is -0.0810 e. The van der Waals surface area contributed by atoms with E-state index in [-0.39, 0.29) is 0 Å². The fourth-order valence-electron chi connectivity index (χ4n) is 4.59. The fourth-order valence-corrected chi connectivity index (χ4v) is 5.71. The van der Waals surface area contributed by atoms with E-state index in [9.17, 15) is 0 Å². The van der Waals surface area contributed by atoms with Gasteiger partial charge in [-0.3, -0.25) is 0 Å². The quantitative estimate of drug-likeness (QED) is 0.0815. The first-order valence-corrected chi connectivity index (χ1v) is 16.3. The van der Waals surface area contributed by atoms with Crippen molar-refractivity contribution < 1.29 is 0 Å². The second kappa shape index (κ2) is 30.4. The molecule has 1 heteroatoms. The third-order valence-electron chi connectivity index (χ3n) is 6.84. The molecule has 0 unspecified atom stereocenters. The summed E-state index contributed by atoms with van der Waals surface area (Å²) in [6, 6.07) is 0. The van der Waals surface area contributed by atoms with Crippen LogP contribution in [0.2, 0.25) is 0 Å². The third kappa shape index (κ3) is 30.4. The molecule has 0 saturated heterocycles. The summed E-state index contributed by atoms with van der Waals surface area (Å²) < 4.78 is 0. The summed E-state index contributed by atoms with van der Waals surface area (Å²) in [4.78, 5) is 0. The first-order valence-electron chi connectivity index (χ1n) is 15.0. The predicted octanol–water partition coefficient (Wildman–Crippen LogP) is 12.1. The molecule has 0 aromatic carbocycles. The lowest BCUT2D eigenvalue weighted by Crippen LogP contribution is -1.86. The first-order chi connectivity index (χ1) is 15.4. The second-order valence-corrected chi connectivity index (χ2v) is 11.5. The molecule has 1 radical (unpaired) electrons. The van der Waals surface area contributed by atoms with Crippen LogP contribution in [0.25, 0.3) is 0 Å². The van der Waals surface area contributed by atoms with Gasteiger partial charge in [-0.25, -0.2) is 0 Å². The van der Waals surface area contributed by atoms with E-state index in [2.05, 4.69) is 13.8 Å². The highest BCUT2D eigenvalue weighted by Gasteiger charge is 1.96. The van der Waals surface area contributed by atoms with Crippen LogP contribution in [0.1, 0.15) is 181 Å². The summed E-state index contributed by atoms with van der Waals surface area (Å²) >= 11 is 0. The molecule has 187 valence electrons. The SMILES string of the molecule is CCCCCCCCCCCCCCC[P]CCCCCCCCCCCCCCC. The lowest BCUT2D eigenvalue weighted by atomic mass is 10.0. The van der Waals surface area contributed by atoms with Gasteiger partial charge < -0.3 is 0 Å². The molecule has 0 spiro atoms. The van der Waals surface area contributed by atoms with E-state index >= 15 is 0 Å². The Morgan fingerprint density at radius 2 is 0.452 bits per heavy atom. The Hall–Kier alpha value is 0.430. The highest BCUT2D eigenvalue weighted by molar-refractivity contribution is 7.37. The van der Waals surface area contributed by atoms with Gasteiger partial charge in [-0.05, 0) is 25.2 Å². The zero-order chi connectivity index (χ0) is 22.5. The standard InChI is InChI=1S/C30H62P/c1-3-5-7-9-11-13-15-17-19-21-23-25-27-29-31-30-28-26-24-22-20-18-16-14-12-10-8-6-4-2/h3-30H2,1-2H3. The molecule has 0 aliphatic carbocycles. The van der Waals surface area contributed by atoms with E-state index in [0.29, 0.717) is 0 Å². The summed E-state index contributed by atoms with van der Waals surface area (Å²) in [5.74, 6) is 0. The normalized spacial score (nSPS) is 11.4. The Balaban J connectivity index is 2.98. The molecular weight excluding hydrogens is 391 g/mol. The Morgan fingerprint density at radius 3 is 0.677 bits per heavy atom. The van der Waals surface area contributed by atoms with Crippen molar-refractivity contribution in [3.63, 3.8) is 0 Å². The number of hydrogen-bond donors (Lipinski definition) is 0. The maximum Gasteiger partial charge on any atom is -0.0287 e. The average molecular weight is 454 g/mol. The minimum absolute atomic E-state index is 1.37. The first kappa shape index (κ1) is 31.4. The summed E-state index contributed by atoms with van der Waals surface area (Å²) in [5, 5.41) is 0. The molecule has 0 aromatic rings. The molecule has 0 aliphatic rings. The van der Waals surface area contributed by atoms with Crippen LogP contribution >= 0.6 is 8.58 Å². The van der Waals surface area contributed by atoms with E-state index in [1.54, 1.807) is 8.58 Å². The maximum absolute atomic E-state index is 2.31. The van der Waals surface area contributed by atoms with Crippen molar-refractivity contribution in [2.24, 2.45) is 0 Å². The van der Waals surface area contributed by atoms with Gasteiger partial charge in [0, 0.05) is 0 Å². The van der Waals surface area contributed by atoms with Gasteiger partial charge in [0.05, 0.1) is 0 Å². The Labute approximate surface area is 201 Å². The molecule has 0 heterocycles. The molecule has 31 heavy (non-hydrogen) atoms. The molecule has 0 N–H and O–H groups in total. The van der Waals surface area contributed by atoms with Crippen molar-refractivity contribution in [3.8, 4) is 0 Å².